The third-order valence-electron chi connectivity index (χ3n) is 4.87. The first kappa shape index (κ1) is 16.8. The molecule has 3 N–H and O–H groups in total. The van der Waals surface area contributed by atoms with Gasteiger partial charge in [0.15, 0.2) is 5.96 Å². The molecule has 130 valence electrons. The Balaban J connectivity index is 1.57. The van der Waals surface area contributed by atoms with Gasteiger partial charge in [-0.05, 0) is 49.8 Å². The summed E-state index contributed by atoms with van der Waals surface area (Å²) in [4.78, 5) is 16.7. The van der Waals surface area contributed by atoms with E-state index in [-0.39, 0.29) is 11.8 Å². The Labute approximate surface area is 144 Å². The summed E-state index contributed by atoms with van der Waals surface area (Å²) in [5.74, 6) is 1.96. The van der Waals surface area contributed by atoms with Crippen molar-refractivity contribution in [3.8, 4) is 0 Å². The highest BCUT2D eigenvalue weighted by atomic mass is 16.1. The number of hydrogen-bond donors (Lipinski definition) is 3. The van der Waals surface area contributed by atoms with Crippen LogP contribution in [0.3, 0.4) is 0 Å². The lowest BCUT2D eigenvalue weighted by atomic mass is 9.85. The number of rotatable bonds is 6. The lowest BCUT2D eigenvalue weighted by molar-refractivity contribution is -0.122. The molecular weight excluding hydrogens is 300 g/mol. The zero-order chi connectivity index (χ0) is 16.9. The van der Waals surface area contributed by atoms with E-state index in [1.165, 1.54) is 12.8 Å². The minimum Gasteiger partial charge on any atom is -0.357 e. The number of aliphatic imine (C=N–C) groups is 1. The Morgan fingerprint density at radius 3 is 2.75 bits per heavy atom. The molecule has 0 bridgehead atoms. The highest BCUT2D eigenvalue weighted by molar-refractivity contribution is 5.93. The fourth-order valence-corrected chi connectivity index (χ4v) is 2.85. The van der Waals surface area contributed by atoms with Crippen LogP contribution in [0, 0.1) is 11.8 Å². The highest BCUT2D eigenvalue weighted by Gasteiger charge is 2.33. The van der Waals surface area contributed by atoms with Gasteiger partial charge in [-0.3, -0.25) is 4.79 Å². The monoisotopic (exact) mass is 328 g/mol. The number of guanidine groups is 1. The summed E-state index contributed by atoms with van der Waals surface area (Å²) >= 11 is 0. The standard InChI is InChI=1S/C19H28N4O/c1-3-20-19(23-17-10-13(17)2)21-12-14-6-4-9-16(11-14)22-18(24)15-7-5-8-15/h4,6,9,11,13,15,17H,3,5,7-8,10,12H2,1-2H3,(H,22,24)(H2,20,21,23). The maximum Gasteiger partial charge on any atom is 0.227 e. The molecule has 2 unspecified atom stereocenters. The number of carbonyl (C=O) groups is 1. The summed E-state index contributed by atoms with van der Waals surface area (Å²) in [5, 5.41) is 9.78. The van der Waals surface area contributed by atoms with E-state index in [2.05, 4.69) is 34.8 Å². The molecule has 5 nitrogen and oxygen atoms in total. The molecule has 0 saturated heterocycles. The molecule has 3 rings (SSSR count). The number of nitrogens with zero attached hydrogens (tertiary/aromatic N) is 1. The molecule has 2 aliphatic rings. The van der Waals surface area contributed by atoms with Gasteiger partial charge in [0, 0.05) is 24.2 Å². The van der Waals surface area contributed by atoms with Crippen LogP contribution in [0.5, 0.6) is 0 Å². The minimum absolute atomic E-state index is 0.152. The van der Waals surface area contributed by atoms with Gasteiger partial charge in [0.2, 0.25) is 5.91 Å². The van der Waals surface area contributed by atoms with Crippen molar-refractivity contribution in [1.82, 2.24) is 10.6 Å². The number of nitrogens with one attached hydrogen (secondary N) is 3. The van der Waals surface area contributed by atoms with Crippen molar-refractivity contribution in [2.75, 3.05) is 11.9 Å². The normalized spacial score (nSPS) is 23.3. The van der Waals surface area contributed by atoms with Crippen LogP contribution in [0.15, 0.2) is 29.3 Å². The molecule has 2 atom stereocenters. The molecule has 5 heteroatoms. The second-order valence-corrected chi connectivity index (χ2v) is 6.98. The Bertz CT molecular complexity index is 609. The summed E-state index contributed by atoms with van der Waals surface area (Å²) in [7, 11) is 0. The van der Waals surface area contributed by atoms with Gasteiger partial charge in [0.1, 0.15) is 0 Å². The Morgan fingerprint density at radius 1 is 1.33 bits per heavy atom. The van der Waals surface area contributed by atoms with Gasteiger partial charge in [-0.2, -0.15) is 0 Å². The number of hydrogen-bond acceptors (Lipinski definition) is 2. The average Bonchev–Trinajstić information content (AvgIpc) is 3.18. The second-order valence-electron chi connectivity index (χ2n) is 6.98. The Morgan fingerprint density at radius 2 is 2.12 bits per heavy atom. The van der Waals surface area contributed by atoms with Crippen LogP contribution in [-0.2, 0) is 11.3 Å². The SMILES string of the molecule is CCNC(=NCc1cccc(NC(=O)C2CCC2)c1)NC1CC1C. The van der Waals surface area contributed by atoms with Crippen LogP contribution < -0.4 is 16.0 Å². The number of carbonyl (C=O) groups excluding carboxylic acids is 1. The van der Waals surface area contributed by atoms with Crippen LogP contribution in [0.2, 0.25) is 0 Å². The molecule has 1 aromatic carbocycles. The molecule has 0 aliphatic heterocycles. The van der Waals surface area contributed by atoms with Crippen LogP contribution >= 0.6 is 0 Å². The summed E-state index contributed by atoms with van der Waals surface area (Å²) in [6.45, 7) is 5.77. The molecule has 24 heavy (non-hydrogen) atoms. The largest absolute Gasteiger partial charge is 0.357 e. The summed E-state index contributed by atoms with van der Waals surface area (Å²) in [6.07, 6.45) is 4.43. The quantitative estimate of drug-likeness (QED) is 0.556. The van der Waals surface area contributed by atoms with Crippen molar-refractivity contribution < 1.29 is 4.79 Å². The van der Waals surface area contributed by atoms with Gasteiger partial charge in [0.05, 0.1) is 6.54 Å². The maximum absolute atomic E-state index is 12.1. The van der Waals surface area contributed by atoms with E-state index in [4.69, 9.17) is 0 Å². The van der Waals surface area contributed by atoms with E-state index in [9.17, 15) is 4.79 Å². The van der Waals surface area contributed by atoms with Gasteiger partial charge in [-0.1, -0.05) is 25.5 Å². The second kappa shape index (κ2) is 7.69. The summed E-state index contributed by atoms with van der Waals surface area (Å²) < 4.78 is 0. The van der Waals surface area contributed by atoms with Crippen molar-refractivity contribution in [3.05, 3.63) is 29.8 Å². The van der Waals surface area contributed by atoms with E-state index in [1.54, 1.807) is 0 Å². The lowest BCUT2D eigenvalue weighted by Gasteiger charge is -2.24. The van der Waals surface area contributed by atoms with Gasteiger partial charge < -0.3 is 16.0 Å². The molecule has 2 aliphatic carbocycles. The Hall–Kier alpha value is -2.04. The topological polar surface area (TPSA) is 65.5 Å². The predicted octanol–water partition coefficient (Wildman–Crippen LogP) is 2.89. The number of benzene rings is 1. The van der Waals surface area contributed by atoms with Crippen molar-refractivity contribution in [3.63, 3.8) is 0 Å². The number of anilines is 1. The predicted molar refractivity (Wildman–Crippen MR) is 97.9 cm³/mol. The number of amides is 1. The summed E-state index contributed by atoms with van der Waals surface area (Å²) in [6, 6.07) is 8.54. The fourth-order valence-electron chi connectivity index (χ4n) is 2.85. The van der Waals surface area contributed by atoms with E-state index in [0.717, 1.165) is 42.5 Å². The van der Waals surface area contributed by atoms with Gasteiger partial charge in [0.25, 0.3) is 0 Å². The Kier molecular flexibility index (Phi) is 5.38. The molecule has 1 aromatic rings. The molecule has 0 spiro atoms. The summed E-state index contributed by atoms with van der Waals surface area (Å²) in [5.41, 5.74) is 1.97. The third-order valence-corrected chi connectivity index (χ3v) is 4.87. The van der Waals surface area contributed by atoms with E-state index in [1.807, 2.05) is 24.3 Å². The first-order valence-electron chi connectivity index (χ1n) is 9.10. The third kappa shape index (κ3) is 4.49. The maximum atomic E-state index is 12.1. The van der Waals surface area contributed by atoms with Crippen molar-refractivity contribution in [1.29, 1.82) is 0 Å². The van der Waals surface area contributed by atoms with Crippen LogP contribution in [-0.4, -0.2) is 24.5 Å². The zero-order valence-corrected chi connectivity index (χ0v) is 14.6. The zero-order valence-electron chi connectivity index (χ0n) is 14.6. The first-order chi connectivity index (χ1) is 11.7. The molecule has 0 radical (unpaired) electrons. The van der Waals surface area contributed by atoms with Gasteiger partial charge >= 0.3 is 0 Å². The smallest absolute Gasteiger partial charge is 0.227 e. The molecule has 0 heterocycles. The molecule has 0 aromatic heterocycles. The van der Waals surface area contributed by atoms with Crippen molar-refractivity contribution >= 4 is 17.6 Å². The highest BCUT2D eigenvalue weighted by Crippen LogP contribution is 2.29. The minimum atomic E-state index is 0.152. The lowest BCUT2D eigenvalue weighted by Crippen LogP contribution is -2.39. The van der Waals surface area contributed by atoms with E-state index >= 15 is 0 Å². The molecule has 1 amide bonds. The van der Waals surface area contributed by atoms with E-state index in [0.29, 0.717) is 12.6 Å². The van der Waals surface area contributed by atoms with Gasteiger partial charge in [-0.25, -0.2) is 4.99 Å². The van der Waals surface area contributed by atoms with Crippen molar-refractivity contribution in [2.24, 2.45) is 16.8 Å². The van der Waals surface area contributed by atoms with Crippen LogP contribution in [0.4, 0.5) is 5.69 Å². The average molecular weight is 328 g/mol. The first-order valence-corrected chi connectivity index (χ1v) is 9.10. The molecule has 2 fully saturated rings. The van der Waals surface area contributed by atoms with Crippen LogP contribution in [0.25, 0.3) is 0 Å². The van der Waals surface area contributed by atoms with Gasteiger partial charge in [-0.15, -0.1) is 0 Å². The van der Waals surface area contributed by atoms with Crippen molar-refractivity contribution in [2.45, 2.75) is 52.1 Å². The molecular formula is C19H28N4O. The fraction of sp³-hybridized carbons (Fsp3) is 0.579. The van der Waals surface area contributed by atoms with E-state index < -0.39 is 0 Å². The molecule has 2 saturated carbocycles. The van der Waals surface area contributed by atoms with Crippen LogP contribution in [0.1, 0.15) is 45.1 Å².